The maximum absolute atomic E-state index is 5.80. The van der Waals surface area contributed by atoms with Crippen molar-refractivity contribution in [3.63, 3.8) is 0 Å². The van der Waals surface area contributed by atoms with Gasteiger partial charge in [0, 0.05) is 12.7 Å². The molecule has 18 heavy (non-hydrogen) atoms. The maximum atomic E-state index is 5.80. The summed E-state index contributed by atoms with van der Waals surface area (Å²) in [4.78, 5) is 0. The van der Waals surface area contributed by atoms with E-state index in [0.29, 0.717) is 30.6 Å². The molecule has 0 saturated carbocycles. The summed E-state index contributed by atoms with van der Waals surface area (Å²) in [7, 11) is 1.62. The van der Waals surface area contributed by atoms with Gasteiger partial charge in [0.2, 0.25) is 0 Å². The minimum atomic E-state index is 0.495. The number of methoxy groups -OCH3 is 1. The molecule has 0 saturated heterocycles. The van der Waals surface area contributed by atoms with Crippen molar-refractivity contribution in [1.29, 1.82) is 0 Å². The molecule has 0 aromatic heterocycles. The highest BCUT2D eigenvalue weighted by Crippen LogP contribution is 2.26. The van der Waals surface area contributed by atoms with Crippen LogP contribution in [0.15, 0.2) is 18.2 Å². The summed E-state index contributed by atoms with van der Waals surface area (Å²) in [5, 5.41) is 0. The van der Waals surface area contributed by atoms with Gasteiger partial charge in [0.25, 0.3) is 0 Å². The molecule has 1 aromatic rings. The Kier molecular flexibility index (Phi) is 6.36. The van der Waals surface area contributed by atoms with Gasteiger partial charge < -0.3 is 19.9 Å². The minimum Gasteiger partial charge on any atom is -0.497 e. The van der Waals surface area contributed by atoms with Crippen LogP contribution >= 0.6 is 0 Å². The molecule has 1 aromatic carbocycles. The van der Waals surface area contributed by atoms with Crippen LogP contribution in [0.2, 0.25) is 0 Å². The van der Waals surface area contributed by atoms with Gasteiger partial charge in [-0.05, 0) is 24.5 Å². The molecule has 0 fully saturated rings. The SMILES string of the molecule is COc1ccc(N)c(OCCOCCC(C)C)c1. The predicted molar refractivity (Wildman–Crippen MR) is 73.2 cm³/mol. The van der Waals surface area contributed by atoms with Crippen molar-refractivity contribution in [3.05, 3.63) is 18.2 Å². The molecule has 0 amide bonds. The molecular formula is C14H23NO3. The number of hydrogen-bond acceptors (Lipinski definition) is 4. The molecule has 1 rings (SSSR count). The third-order valence-corrected chi connectivity index (χ3v) is 2.55. The molecular weight excluding hydrogens is 230 g/mol. The standard InChI is InChI=1S/C14H23NO3/c1-11(2)6-7-17-8-9-18-14-10-12(16-3)4-5-13(14)15/h4-5,10-11H,6-9,15H2,1-3H3. The fourth-order valence-electron chi connectivity index (χ4n) is 1.40. The Morgan fingerprint density at radius 3 is 2.61 bits per heavy atom. The lowest BCUT2D eigenvalue weighted by molar-refractivity contribution is 0.0927. The van der Waals surface area contributed by atoms with Gasteiger partial charge in [-0.2, -0.15) is 0 Å². The molecule has 0 bridgehead atoms. The Labute approximate surface area is 109 Å². The minimum absolute atomic E-state index is 0.495. The summed E-state index contributed by atoms with van der Waals surface area (Å²) in [6, 6.07) is 5.36. The van der Waals surface area contributed by atoms with Crippen LogP contribution < -0.4 is 15.2 Å². The van der Waals surface area contributed by atoms with Crippen LogP contribution in [0, 0.1) is 5.92 Å². The highest BCUT2D eigenvalue weighted by atomic mass is 16.5. The first-order valence-corrected chi connectivity index (χ1v) is 6.27. The lowest BCUT2D eigenvalue weighted by atomic mass is 10.1. The second-order valence-corrected chi connectivity index (χ2v) is 4.55. The summed E-state index contributed by atoms with van der Waals surface area (Å²) < 4.78 is 16.1. The largest absolute Gasteiger partial charge is 0.497 e. The monoisotopic (exact) mass is 253 g/mol. The average molecular weight is 253 g/mol. The van der Waals surface area contributed by atoms with Crippen LogP contribution in [0.3, 0.4) is 0 Å². The lowest BCUT2D eigenvalue weighted by Gasteiger charge is -2.11. The van der Waals surface area contributed by atoms with Gasteiger partial charge in [-0.15, -0.1) is 0 Å². The van der Waals surface area contributed by atoms with E-state index in [1.165, 1.54) is 0 Å². The molecule has 0 radical (unpaired) electrons. The Morgan fingerprint density at radius 1 is 1.17 bits per heavy atom. The Hall–Kier alpha value is -1.42. The Morgan fingerprint density at radius 2 is 1.94 bits per heavy atom. The van der Waals surface area contributed by atoms with E-state index in [9.17, 15) is 0 Å². The van der Waals surface area contributed by atoms with Crippen LogP contribution in [0.5, 0.6) is 11.5 Å². The molecule has 0 aliphatic heterocycles. The van der Waals surface area contributed by atoms with Gasteiger partial charge in [0.05, 0.1) is 19.4 Å². The quantitative estimate of drug-likeness (QED) is 0.571. The molecule has 0 heterocycles. The highest BCUT2D eigenvalue weighted by Gasteiger charge is 2.02. The molecule has 0 aliphatic carbocycles. The number of hydrogen-bond donors (Lipinski definition) is 1. The van der Waals surface area contributed by atoms with E-state index < -0.39 is 0 Å². The fourth-order valence-corrected chi connectivity index (χ4v) is 1.40. The summed E-state index contributed by atoms with van der Waals surface area (Å²) in [6.07, 6.45) is 1.07. The number of ether oxygens (including phenoxy) is 3. The van der Waals surface area contributed by atoms with Crippen molar-refractivity contribution in [1.82, 2.24) is 0 Å². The van der Waals surface area contributed by atoms with E-state index in [0.717, 1.165) is 18.8 Å². The molecule has 4 heteroatoms. The van der Waals surface area contributed by atoms with Gasteiger partial charge in [0.1, 0.15) is 18.1 Å². The number of nitrogens with two attached hydrogens (primary N) is 1. The summed E-state index contributed by atoms with van der Waals surface area (Å²) in [5.74, 6) is 2.04. The third kappa shape index (κ3) is 5.27. The van der Waals surface area contributed by atoms with Gasteiger partial charge in [-0.25, -0.2) is 0 Å². The molecule has 102 valence electrons. The van der Waals surface area contributed by atoms with E-state index in [4.69, 9.17) is 19.9 Å². The van der Waals surface area contributed by atoms with E-state index in [2.05, 4.69) is 13.8 Å². The van der Waals surface area contributed by atoms with E-state index >= 15 is 0 Å². The summed E-state index contributed by atoms with van der Waals surface area (Å²) >= 11 is 0. The topological polar surface area (TPSA) is 53.7 Å². The first-order valence-electron chi connectivity index (χ1n) is 6.27. The molecule has 0 atom stereocenters. The van der Waals surface area contributed by atoms with Gasteiger partial charge in [-0.3, -0.25) is 0 Å². The van der Waals surface area contributed by atoms with Gasteiger partial charge >= 0.3 is 0 Å². The zero-order valence-corrected chi connectivity index (χ0v) is 11.4. The average Bonchev–Trinajstić information content (AvgIpc) is 2.35. The van der Waals surface area contributed by atoms with Crippen LogP contribution in [0.4, 0.5) is 5.69 Å². The third-order valence-electron chi connectivity index (χ3n) is 2.55. The van der Waals surface area contributed by atoms with Gasteiger partial charge in [-0.1, -0.05) is 13.8 Å². The maximum Gasteiger partial charge on any atom is 0.145 e. The van der Waals surface area contributed by atoms with Crippen molar-refractivity contribution in [3.8, 4) is 11.5 Å². The number of nitrogen functional groups attached to an aromatic ring is 1. The zero-order valence-electron chi connectivity index (χ0n) is 11.4. The van der Waals surface area contributed by atoms with Crippen molar-refractivity contribution < 1.29 is 14.2 Å². The summed E-state index contributed by atoms with van der Waals surface area (Å²) in [6.45, 7) is 6.20. The van der Waals surface area contributed by atoms with E-state index in [1.54, 1.807) is 25.3 Å². The molecule has 2 N–H and O–H groups in total. The number of rotatable bonds is 8. The normalized spacial score (nSPS) is 10.7. The molecule has 0 aliphatic rings. The van der Waals surface area contributed by atoms with E-state index in [1.807, 2.05) is 0 Å². The van der Waals surface area contributed by atoms with Crippen LogP contribution in [-0.2, 0) is 4.74 Å². The fraction of sp³-hybridized carbons (Fsp3) is 0.571. The van der Waals surface area contributed by atoms with Crippen molar-refractivity contribution in [2.45, 2.75) is 20.3 Å². The Bertz CT molecular complexity index is 353. The smallest absolute Gasteiger partial charge is 0.145 e. The van der Waals surface area contributed by atoms with Crippen molar-refractivity contribution in [2.75, 3.05) is 32.7 Å². The molecule has 0 spiro atoms. The zero-order chi connectivity index (χ0) is 13.4. The second kappa shape index (κ2) is 7.82. The highest BCUT2D eigenvalue weighted by molar-refractivity contribution is 5.55. The number of benzene rings is 1. The van der Waals surface area contributed by atoms with Crippen LogP contribution in [-0.4, -0.2) is 26.9 Å². The molecule has 4 nitrogen and oxygen atoms in total. The first-order chi connectivity index (χ1) is 8.63. The second-order valence-electron chi connectivity index (χ2n) is 4.55. The van der Waals surface area contributed by atoms with Crippen molar-refractivity contribution in [2.24, 2.45) is 5.92 Å². The van der Waals surface area contributed by atoms with Gasteiger partial charge in [0.15, 0.2) is 0 Å². The Balaban J connectivity index is 2.26. The summed E-state index contributed by atoms with van der Waals surface area (Å²) in [5.41, 5.74) is 6.41. The van der Waals surface area contributed by atoms with Crippen LogP contribution in [0.25, 0.3) is 0 Å². The van der Waals surface area contributed by atoms with Crippen LogP contribution in [0.1, 0.15) is 20.3 Å². The lowest BCUT2D eigenvalue weighted by Crippen LogP contribution is -2.09. The first kappa shape index (κ1) is 14.6. The van der Waals surface area contributed by atoms with E-state index in [-0.39, 0.29) is 0 Å². The number of anilines is 1. The predicted octanol–water partition coefficient (Wildman–Crippen LogP) is 2.72. The van der Waals surface area contributed by atoms with Crippen molar-refractivity contribution >= 4 is 5.69 Å². The molecule has 0 unspecified atom stereocenters.